The first kappa shape index (κ1) is 12.8. The van der Waals surface area contributed by atoms with Crippen LogP contribution in [-0.4, -0.2) is 34.0 Å². The summed E-state index contributed by atoms with van der Waals surface area (Å²) in [7, 11) is -3.40. The molecule has 2 aromatic heterocycles. The molecule has 0 amide bonds. The predicted molar refractivity (Wildman–Crippen MR) is 71.4 cm³/mol. The Bertz CT molecular complexity index is 717. The average Bonchev–Trinajstić information content (AvgIpc) is 2.96. The second-order valence-electron chi connectivity index (χ2n) is 4.52. The molecule has 0 radical (unpaired) electrons. The minimum atomic E-state index is -3.40. The number of thiophene rings is 1. The monoisotopic (exact) mass is 298 g/mol. The van der Waals surface area contributed by atoms with Gasteiger partial charge in [0.1, 0.15) is 15.9 Å². The Morgan fingerprint density at radius 3 is 2.68 bits per heavy atom. The molecule has 0 spiro atoms. The summed E-state index contributed by atoms with van der Waals surface area (Å²) in [5.41, 5.74) is 0. The molecule has 3 rings (SSSR count). The minimum absolute atomic E-state index is 0.292. The molecule has 0 aliphatic carbocycles. The second kappa shape index (κ2) is 4.39. The maximum atomic E-state index is 12.5. The van der Waals surface area contributed by atoms with Gasteiger partial charge in [-0.05, 0) is 26.0 Å². The Morgan fingerprint density at radius 1 is 1.21 bits per heavy atom. The SMILES string of the molecule is Cc1ccc(S(=O)(=O)N2CCn3c(C)nnc3C2)s1. The van der Waals surface area contributed by atoms with E-state index in [4.69, 9.17) is 0 Å². The number of aryl methyl sites for hydroxylation is 2. The summed E-state index contributed by atoms with van der Waals surface area (Å²) >= 11 is 1.30. The zero-order valence-corrected chi connectivity index (χ0v) is 12.3. The molecule has 0 bridgehead atoms. The lowest BCUT2D eigenvalue weighted by atomic mass is 10.4. The summed E-state index contributed by atoms with van der Waals surface area (Å²) in [6.07, 6.45) is 0. The van der Waals surface area contributed by atoms with Crippen molar-refractivity contribution in [1.82, 2.24) is 19.1 Å². The van der Waals surface area contributed by atoms with Gasteiger partial charge < -0.3 is 4.57 Å². The fourth-order valence-corrected chi connectivity index (χ4v) is 4.99. The molecule has 1 aliphatic rings. The third-order valence-electron chi connectivity index (χ3n) is 3.21. The number of aromatic nitrogens is 3. The molecule has 3 heterocycles. The van der Waals surface area contributed by atoms with Crippen LogP contribution >= 0.6 is 11.3 Å². The van der Waals surface area contributed by atoms with E-state index in [2.05, 4.69) is 10.2 Å². The van der Waals surface area contributed by atoms with Crippen LogP contribution in [0.15, 0.2) is 16.3 Å². The third-order valence-corrected chi connectivity index (χ3v) is 6.53. The van der Waals surface area contributed by atoms with E-state index in [1.807, 2.05) is 24.5 Å². The van der Waals surface area contributed by atoms with E-state index < -0.39 is 10.0 Å². The predicted octanol–water partition coefficient (Wildman–Crippen LogP) is 1.16. The topological polar surface area (TPSA) is 68.1 Å². The molecule has 102 valence electrons. The molecule has 0 fully saturated rings. The number of rotatable bonds is 2. The Balaban J connectivity index is 1.92. The van der Waals surface area contributed by atoms with Crippen LogP contribution in [0.25, 0.3) is 0 Å². The highest BCUT2D eigenvalue weighted by Crippen LogP contribution is 2.26. The number of fused-ring (bicyclic) bond motifs is 1. The minimum Gasteiger partial charge on any atom is -0.313 e. The maximum Gasteiger partial charge on any atom is 0.253 e. The highest BCUT2D eigenvalue weighted by Gasteiger charge is 2.30. The van der Waals surface area contributed by atoms with E-state index in [-0.39, 0.29) is 0 Å². The summed E-state index contributed by atoms with van der Waals surface area (Å²) in [6.45, 7) is 5.15. The number of sulfonamides is 1. The van der Waals surface area contributed by atoms with Gasteiger partial charge in [0, 0.05) is 18.0 Å². The smallest absolute Gasteiger partial charge is 0.253 e. The summed E-state index contributed by atoms with van der Waals surface area (Å²) in [4.78, 5) is 0.995. The zero-order valence-electron chi connectivity index (χ0n) is 10.7. The first-order chi connectivity index (χ1) is 8.98. The van der Waals surface area contributed by atoms with Gasteiger partial charge in [0.05, 0.1) is 6.54 Å². The molecule has 0 N–H and O–H groups in total. The van der Waals surface area contributed by atoms with E-state index in [1.165, 1.54) is 15.6 Å². The number of hydrogen-bond donors (Lipinski definition) is 0. The average molecular weight is 298 g/mol. The van der Waals surface area contributed by atoms with Crippen LogP contribution in [0.5, 0.6) is 0 Å². The third kappa shape index (κ3) is 2.09. The normalized spacial score (nSPS) is 16.5. The molecular formula is C11H14N4O2S2. The van der Waals surface area contributed by atoms with Crippen molar-refractivity contribution in [2.75, 3.05) is 6.54 Å². The van der Waals surface area contributed by atoms with Gasteiger partial charge >= 0.3 is 0 Å². The van der Waals surface area contributed by atoms with Crippen molar-refractivity contribution in [1.29, 1.82) is 0 Å². The fraction of sp³-hybridized carbons (Fsp3) is 0.455. The first-order valence-corrected chi connectivity index (χ1v) is 8.19. The molecule has 0 saturated carbocycles. The van der Waals surface area contributed by atoms with Crippen molar-refractivity contribution in [3.05, 3.63) is 28.7 Å². The fourth-order valence-electron chi connectivity index (χ4n) is 2.16. The lowest BCUT2D eigenvalue weighted by Crippen LogP contribution is -2.38. The lowest BCUT2D eigenvalue weighted by molar-refractivity contribution is 0.334. The van der Waals surface area contributed by atoms with Gasteiger partial charge in [-0.25, -0.2) is 8.42 Å². The van der Waals surface area contributed by atoms with Crippen molar-refractivity contribution >= 4 is 21.4 Å². The van der Waals surface area contributed by atoms with Crippen molar-refractivity contribution in [3.8, 4) is 0 Å². The van der Waals surface area contributed by atoms with E-state index in [0.29, 0.717) is 29.7 Å². The standard InChI is InChI=1S/C11H14N4O2S2/c1-8-3-4-11(18-8)19(16,17)14-5-6-15-9(2)12-13-10(15)7-14/h3-4H,5-7H2,1-2H3. The molecule has 0 atom stereocenters. The first-order valence-electron chi connectivity index (χ1n) is 5.94. The van der Waals surface area contributed by atoms with Crippen LogP contribution in [0.2, 0.25) is 0 Å². The summed E-state index contributed by atoms with van der Waals surface area (Å²) < 4.78 is 28.8. The number of nitrogens with zero attached hydrogens (tertiary/aromatic N) is 4. The largest absolute Gasteiger partial charge is 0.313 e. The van der Waals surface area contributed by atoms with Crippen LogP contribution in [0.1, 0.15) is 16.5 Å². The summed E-state index contributed by atoms with van der Waals surface area (Å²) in [6, 6.07) is 3.49. The van der Waals surface area contributed by atoms with Gasteiger partial charge in [0.2, 0.25) is 0 Å². The summed E-state index contributed by atoms with van der Waals surface area (Å²) in [5.74, 6) is 1.54. The highest BCUT2D eigenvalue weighted by atomic mass is 32.2. The molecule has 1 aliphatic heterocycles. The van der Waals surface area contributed by atoms with Gasteiger partial charge in [-0.15, -0.1) is 21.5 Å². The molecule has 8 heteroatoms. The quantitative estimate of drug-likeness (QED) is 0.834. The van der Waals surface area contributed by atoms with Gasteiger partial charge in [0.25, 0.3) is 10.0 Å². The van der Waals surface area contributed by atoms with E-state index >= 15 is 0 Å². The lowest BCUT2D eigenvalue weighted by Gasteiger charge is -2.26. The Morgan fingerprint density at radius 2 is 2.00 bits per heavy atom. The molecule has 0 saturated heterocycles. The Kier molecular flexibility index (Phi) is 2.95. The van der Waals surface area contributed by atoms with Crippen molar-refractivity contribution in [2.45, 2.75) is 31.1 Å². The summed E-state index contributed by atoms with van der Waals surface area (Å²) in [5, 5.41) is 8.01. The van der Waals surface area contributed by atoms with Crippen LogP contribution in [0, 0.1) is 13.8 Å². The highest BCUT2D eigenvalue weighted by molar-refractivity contribution is 7.91. The van der Waals surface area contributed by atoms with E-state index in [9.17, 15) is 8.42 Å². The molecule has 2 aromatic rings. The number of hydrogen-bond acceptors (Lipinski definition) is 5. The van der Waals surface area contributed by atoms with Crippen molar-refractivity contribution in [3.63, 3.8) is 0 Å². The molecular weight excluding hydrogens is 284 g/mol. The van der Waals surface area contributed by atoms with Crippen LogP contribution in [0.4, 0.5) is 0 Å². The van der Waals surface area contributed by atoms with E-state index in [0.717, 1.165) is 10.7 Å². The molecule has 0 unspecified atom stereocenters. The van der Waals surface area contributed by atoms with Crippen LogP contribution in [-0.2, 0) is 23.1 Å². The van der Waals surface area contributed by atoms with Crippen LogP contribution < -0.4 is 0 Å². The van der Waals surface area contributed by atoms with Crippen molar-refractivity contribution in [2.24, 2.45) is 0 Å². The van der Waals surface area contributed by atoms with Crippen LogP contribution in [0.3, 0.4) is 0 Å². The van der Waals surface area contributed by atoms with E-state index in [1.54, 1.807) is 6.07 Å². The Labute approximate surface area is 115 Å². The van der Waals surface area contributed by atoms with Gasteiger partial charge in [-0.2, -0.15) is 4.31 Å². The Hall–Kier alpha value is -1.25. The maximum absolute atomic E-state index is 12.5. The molecule has 0 aromatic carbocycles. The van der Waals surface area contributed by atoms with Gasteiger partial charge in [-0.1, -0.05) is 0 Å². The molecule has 6 nitrogen and oxygen atoms in total. The second-order valence-corrected chi connectivity index (χ2v) is 7.97. The van der Waals surface area contributed by atoms with Crippen molar-refractivity contribution < 1.29 is 8.42 Å². The molecule has 19 heavy (non-hydrogen) atoms. The van der Waals surface area contributed by atoms with Gasteiger partial charge in [-0.3, -0.25) is 0 Å². The zero-order chi connectivity index (χ0) is 13.6. The van der Waals surface area contributed by atoms with Gasteiger partial charge in [0.15, 0.2) is 0 Å².